The minimum absolute atomic E-state index is 0.626. The van der Waals surface area contributed by atoms with Gasteiger partial charge in [0.1, 0.15) is 0 Å². The van der Waals surface area contributed by atoms with Gasteiger partial charge in [0.05, 0.1) is 5.69 Å². The Balaban J connectivity index is 2.61. The normalized spacial score (nSPS) is 9.33. The zero-order valence-electron chi connectivity index (χ0n) is 5.04. The molecule has 0 saturated heterocycles. The molecular weight excluding hydrogens is 111 g/mol. The minimum Gasteiger partial charge on any atom is -0.361 e. The summed E-state index contributed by atoms with van der Waals surface area (Å²) in [5, 5.41) is 2.52. The third-order valence-corrected chi connectivity index (χ3v) is 1.01. The van der Waals surface area contributed by atoms with Gasteiger partial charge in [-0.25, -0.2) is 0 Å². The van der Waals surface area contributed by atoms with E-state index in [0.29, 0.717) is 6.54 Å². The SMILES string of the molecule is [B]NCc1ccccn1. The van der Waals surface area contributed by atoms with Crippen LogP contribution in [0.5, 0.6) is 0 Å². The molecule has 1 rings (SSSR count). The molecule has 0 aliphatic rings. The average Bonchev–Trinajstić information content (AvgIpc) is 1.91. The highest BCUT2D eigenvalue weighted by molar-refractivity contribution is 6.04. The van der Waals surface area contributed by atoms with Crippen LogP contribution in [-0.4, -0.2) is 13.0 Å². The third-order valence-electron chi connectivity index (χ3n) is 1.01. The molecule has 2 nitrogen and oxygen atoms in total. The molecule has 9 heavy (non-hydrogen) atoms. The van der Waals surface area contributed by atoms with Crippen molar-refractivity contribution in [1.82, 2.24) is 10.2 Å². The van der Waals surface area contributed by atoms with E-state index in [0.717, 1.165) is 5.69 Å². The zero-order valence-corrected chi connectivity index (χ0v) is 5.04. The maximum Gasteiger partial charge on any atom is 0.178 e. The number of hydrogen-bond donors (Lipinski definition) is 1. The quantitative estimate of drug-likeness (QED) is 0.563. The molecule has 0 amide bonds. The third kappa shape index (κ3) is 1.86. The summed E-state index contributed by atoms with van der Waals surface area (Å²) in [7, 11) is 5.07. The molecule has 0 fully saturated rings. The van der Waals surface area contributed by atoms with Crippen molar-refractivity contribution < 1.29 is 0 Å². The highest BCUT2D eigenvalue weighted by Gasteiger charge is 1.85. The monoisotopic (exact) mass is 118 g/mol. The number of nitrogens with one attached hydrogen (secondary N) is 1. The van der Waals surface area contributed by atoms with Gasteiger partial charge in [0, 0.05) is 12.7 Å². The van der Waals surface area contributed by atoms with Gasteiger partial charge in [0.15, 0.2) is 7.98 Å². The lowest BCUT2D eigenvalue weighted by atomic mass is 10.3. The van der Waals surface area contributed by atoms with Gasteiger partial charge >= 0.3 is 0 Å². The number of rotatable bonds is 2. The van der Waals surface area contributed by atoms with E-state index in [9.17, 15) is 0 Å². The van der Waals surface area contributed by atoms with Gasteiger partial charge in [-0.2, -0.15) is 0 Å². The second-order valence-corrected chi connectivity index (χ2v) is 1.70. The Bertz CT molecular complexity index is 164. The fraction of sp³-hybridized carbons (Fsp3) is 0.167. The maximum absolute atomic E-state index is 5.07. The Hall–Kier alpha value is -0.825. The van der Waals surface area contributed by atoms with Crippen molar-refractivity contribution in [2.45, 2.75) is 6.54 Å². The predicted molar refractivity (Wildman–Crippen MR) is 36.8 cm³/mol. The molecular formula is C6H7BN2. The molecule has 0 unspecified atom stereocenters. The summed E-state index contributed by atoms with van der Waals surface area (Å²) in [6.07, 6.45) is 1.74. The molecule has 0 atom stereocenters. The maximum atomic E-state index is 5.07. The summed E-state index contributed by atoms with van der Waals surface area (Å²) < 4.78 is 0. The van der Waals surface area contributed by atoms with Crippen LogP contribution in [0.3, 0.4) is 0 Å². The van der Waals surface area contributed by atoms with Crippen molar-refractivity contribution in [1.29, 1.82) is 0 Å². The van der Waals surface area contributed by atoms with Crippen LogP contribution in [-0.2, 0) is 6.54 Å². The molecule has 1 aromatic heterocycles. The lowest BCUT2D eigenvalue weighted by Crippen LogP contribution is -2.08. The number of pyridine rings is 1. The van der Waals surface area contributed by atoms with Crippen LogP contribution in [0.25, 0.3) is 0 Å². The van der Waals surface area contributed by atoms with Gasteiger partial charge in [-0.3, -0.25) is 4.98 Å². The Morgan fingerprint density at radius 3 is 3.00 bits per heavy atom. The van der Waals surface area contributed by atoms with E-state index in [4.69, 9.17) is 7.98 Å². The molecule has 0 spiro atoms. The van der Waals surface area contributed by atoms with Crippen LogP contribution in [0.4, 0.5) is 0 Å². The smallest absolute Gasteiger partial charge is 0.178 e. The van der Waals surface area contributed by atoms with Crippen LogP contribution >= 0.6 is 0 Å². The van der Waals surface area contributed by atoms with E-state index in [1.807, 2.05) is 18.2 Å². The minimum atomic E-state index is 0.626. The Kier molecular flexibility index (Phi) is 2.27. The Morgan fingerprint density at radius 2 is 2.44 bits per heavy atom. The van der Waals surface area contributed by atoms with E-state index in [1.165, 1.54) is 0 Å². The first-order valence-corrected chi connectivity index (χ1v) is 2.77. The van der Waals surface area contributed by atoms with E-state index < -0.39 is 0 Å². The number of aromatic nitrogens is 1. The van der Waals surface area contributed by atoms with Crippen LogP contribution in [0.2, 0.25) is 0 Å². The molecule has 1 aromatic rings. The molecule has 0 bridgehead atoms. The van der Waals surface area contributed by atoms with Crippen molar-refractivity contribution in [2.24, 2.45) is 0 Å². The first kappa shape index (κ1) is 6.30. The van der Waals surface area contributed by atoms with E-state index >= 15 is 0 Å². The van der Waals surface area contributed by atoms with Crippen molar-refractivity contribution in [3.63, 3.8) is 0 Å². The van der Waals surface area contributed by atoms with Crippen molar-refractivity contribution in [3.05, 3.63) is 30.1 Å². The van der Waals surface area contributed by atoms with E-state index in [-0.39, 0.29) is 0 Å². The fourth-order valence-electron chi connectivity index (χ4n) is 0.607. The second kappa shape index (κ2) is 3.25. The molecule has 0 saturated carbocycles. The fourth-order valence-corrected chi connectivity index (χ4v) is 0.607. The lowest BCUT2D eigenvalue weighted by molar-refractivity contribution is 0.910. The average molecular weight is 118 g/mol. The van der Waals surface area contributed by atoms with Crippen LogP contribution in [0.15, 0.2) is 24.4 Å². The largest absolute Gasteiger partial charge is 0.361 e. The first-order chi connectivity index (χ1) is 4.43. The molecule has 1 heterocycles. The molecule has 0 aliphatic heterocycles. The zero-order chi connectivity index (χ0) is 6.53. The Morgan fingerprint density at radius 1 is 1.56 bits per heavy atom. The number of nitrogens with zero attached hydrogens (tertiary/aromatic N) is 1. The Labute approximate surface area is 55.7 Å². The first-order valence-electron chi connectivity index (χ1n) is 2.77. The molecule has 2 radical (unpaired) electrons. The summed E-state index contributed by atoms with van der Waals surface area (Å²) in [5.74, 6) is 0. The summed E-state index contributed by atoms with van der Waals surface area (Å²) in [5.41, 5.74) is 0.958. The van der Waals surface area contributed by atoms with E-state index in [1.54, 1.807) is 6.20 Å². The molecule has 1 N–H and O–H groups in total. The van der Waals surface area contributed by atoms with Crippen molar-refractivity contribution >= 4 is 7.98 Å². The van der Waals surface area contributed by atoms with Gasteiger partial charge in [-0.05, 0) is 12.1 Å². The summed E-state index contributed by atoms with van der Waals surface area (Å²) in [4.78, 5) is 4.03. The predicted octanol–water partition coefficient (Wildman–Crippen LogP) is 0.255. The van der Waals surface area contributed by atoms with Crippen molar-refractivity contribution in [3.8, 4) is 0 Å². The van der Waals surface area contributed by atoms with Gasteiger partial charge in [0.2, 0.25) is 0 Å². The van der Waals surface area contributed by atoms with Gasteiger partial charge in [-0.1, -0.05) is 6.07 Å². The molecule has 0 aliphatic carbocycles. The summed E-state index contributed by atoms with van der Waals surface area (Å²) in [6.45, 7) is 0.626. The van der Waals surface area contributed by atoms with Crippen molar-refractivity contribution in [2.75, 3.05) is 0 Å². The van der Waals surface area contributed by atoms with Crippen LogP contribution in [0, 0.1) is 0 Å². The molecule has 44 valence electrons. The molecule has 0 aromatic carbocycles. The van der Waals surface area contributed by atoms with Gasteiger partial charge in [0.25, 0.3) is 0 Å². The van der Waals surface area contributed by atoms with Crippen LogP contribution in [0.1, 0.15) is 5.69 Å². The molecule has 3 heteroatoms. The highest BCUT2D eigenvalue weighted by Crippen LogP contribution is 1.89. The van der Waals surface area contributed by atoms with Gasteiger partial charge < -0.3 is 5.23 Å². The van der Waals surface area contributed by atoms with Crippen LogP contribution < -0.4 is 5.23 Å². The van der Waals surface area contributed by atoms with Gasteiger partial charge in [-0.15, -0.1) is 0 Å². The second-order valence-electron chi connectivity index (χ2n) is 1.70. The topological polar surface area (TPSA) is 24.9 Å². The standard InChI is InChI=1S/C6H7BN2/c7-9-5-6-3-1-2-4-8-6/h1-4,9H,5H2. The number of hydrogen-bond acceptors (Lipinski definition) is 2. The van der Waals surface area contributed by atoms with E-state index in [2.05, 4.69) is 10.2 Å². The summed E-state index contributed by atoms with van der Waals surface area (Å²) >= 11 is 0. The highest BCUT2D eigenvalue weighted by atomic mass is 14.8. The summed E-state index contributed by atoms with van der Waals surface area (Å²) in [6, 6.07) is 5.72. The lowest BCUT2D eigenvalue weighted by Gasteiger charge is -1.94.